The lowest BCUT2D eigenvalue weighted by Crippen LogP contribution is -2.60. The number of benzene rings is 2. The Morgan fingerprint density at radius 1 is 0.854 bits per heavy atom. The molecule has 2 aromatic carbocycles. The zero-order valence-corrected chi connectivity index (χ0v) is 21.0. The summed E-state index contributed by atoms with van der Waals surface area (Å²) < 4.78 is 22.1. The highest BCUT2D eigenvalue weighted by Crippen LogP contribution is 2.50. The maximum absolute atomic E-state index is 13.3. The van der Waals surface area contributed by atoms with Gasteiger partial charge in [-0.2, -0.15) is 0 Å². The number of aromatic hydroxyl groups is 3. The summed E-state index contributed by atoms with van der Waals surface area (Å²) in [7, 11) is 0. The van der Waals surface area contributed by atoms with Crippen LogP contribution in [0.15, 0.2) is 39.5 Å². The first-order chi connectivity index (χ1) is 19.4. The first-order valence-corrected chi connectivity index (χ1v) is 12.4. The first kappa shape index (κ1) is 29.0. The molecule has 0 saturated carbocycles. The Hall–Kier alpha value is -3.51. The third-order valence-electron chi connectivity index (χ3n) is 7.13. The molecule has 3 aromatic rings. The van der Waals surface area contributed by atoms with E-state index in [1.807, 2.05) is 0 Å². The van der Waals surface area contributed by atoms with Gasteiger partial charge in [-0.25, -0.2) is 0 Å². The molecule has 0 amide bonds. The monoisotopic (exact) mass is 580 g/mol. The van der Waals surface area contributed by atoms with E-state index in [1.165, 1.54) is 24.3 Å². The molecular weight excluding hydrogens is 552 g/mol. The fourth-order valence-corrected chi connectivity index (χ4v) is 4.85. The molecule has 0 bridgehead atoms. The van der Waals surface area contributed by atoms with Crippen LogP contribution in [-0.4, -0.2) is 113 Å². The molecule has 0 aliphatic carbocycles. The second-order valence-electron chi connectivity index (χ2n) is 9.78. The van der Waals surface area contributed by atoms with Gasteiger partial charge in [-0.1, -0.05) is 0 Å². The molecular formula is C26H28O15. The van der Waals surface area contributed by atoms with E-state index in [1.54, 1.807) is 0 Å². The van der Waals surface area contributed by atoms with E-state index in [4.69, 9.17) is 18.6 Å². The predicted octanol–water partition coefficient (Wildman–Crippen LogP) is -2.09. The minimum Gasteiger partial charge on any atom is -0.508 e. The van der Waals surface area contributed by atoms with Gasteiger partial charge in [0.1, 0.15) is 65.7 Å². The van der Waals surface area contributed by atoms with Crippen molar-refractivity contribution < 1.29 is 69.7 Å². The van der Waals surface area contributed by atoms with Gasteiger partial charge < -0.3 is 69.7 Å². The molecule has 2 saturated heterocycles. The lowest BCUT2D eigenvalue weighted by molar-refractivity contribution is -0.277. The average molecular weight is 580 g/mol. The number of hydrogen-bond donors (Lipinski definition) is 10. The van der Waals surface area contributed by atoms with Crippen LogP contribution in [0.1, 0.15) is 11.7 Å². The molecule has 15 nitrogen and oxygen atoms in total. The zero-order valence-electron chi connectivity index (χ0n) is 21.0. The predicted molar refractivity (Wildman–Crippen MR) is 134 cm³/mol. The van der Waals surface area contributed by atoms with Crippen molar-refractivity contribution in [3.63, 3.8) is 0 Å². The smallest absolute Gasteiger partial charge is 0.229 e. The first-order valence-electron chi connectivity index (χ1n) is 12.4. The van der Waals surface area contributed by atoms with Crippen molar-refractivity contribution in [2.24, 2.45) is 0 Å². The molecule has 9 atom stereocenters. The van der Waals surface area contributed by atoms with Gasteiger partial charge in [0, 0.05) is 11.6 Å². The van der Waals surface area contributed by atoms with E-state index < -0.39 is 108 Å². The molecule has 2 aliphatic rings. The molecule has 3 heterocycles. The van der Waals surface area contributed by atoms with E-state index in [9.17, 15) is 55.9 Å². The van der Waals surface area contributed by atoms with Crippen LogP contribution in [0.4, 0.5) is 0 Å². The van der Waals surface area contributed by atoms with E-state index >= 15 is 0 Å². The number of rotatable bonds is 5. The molecule has 2 fully saturated rings. The van der Waals surface area contributed by atoms with Gasteiger partial charge in [0.05, 0.1) is 18.8 Å². The lowest BCUT2D eigenvalue weighted by Gasteiger charge is -2.40. The van der Waals surface area contributed by atoms with Gasteiger partial charge in [-0.3, -0.25) is 4.79 Å². The summed E-state index contributed by atoms with van der Waals surface area (Å²) >= 11 is 0. The lowest BCUT2D eigenvalue weighted by atomic mass is 9.92. The largest absolute Gasteiger partial charge is 0.508 e. The summed E-state index contributed by atoms with van der Waals surface area (Å²) in [4.78, 5) is 13.3. The third kappa shape index (κ3) is 4.97. The minimum atomic E-state index is -1.97. The van der Waals surface area contributed by atoms with Gasteiger partial charge in [0.2, 0.25) is 12.0 Å². The number of aliphatic hydroxyl groups excluding tert-OH is 7. The second kappa shape index (κ2) is 11.1. The van der Waals surface area contributed by atoms with Crippen LogP contribution in [0.25, 0.3) is 22.3 Å². The van der Waals surface area contributed by atoms with Crippen LogP contribution in [0.2, 0.25) is 0 Å². The van der Waals surface area contributed by atoms with Crippen LogP contribution in [-0.2, 0) is 9.47 Å². The van der Waals surface area contributed by atoms with E-state index in [-0.39, 0.29) is 11.5 Å². The van der Waals surface area contributed by atoms with Crippen molar-refractivity contribution in [3.05, 3.63) is 46.1 Å². The average Bonchev–Trinajstić information content (AvgIpc) is 2.95. The normalized spacial score (nSPS) is 32.2. The number of ether oxygens (including phenoxy) is 3. The fraction of sp³-hybridized carbons (Fsp3) is 0.423. The van der Waals surface area contributed by atoms with E-state index in [0.29, 0.717) is 5.56 Å². The highest BCUT2D eigenvalue weighted by Gasteiger charge is 2.47. The molecule has 10 N–H and O–H groups in total. The van der Waals surface area contributed by atoms with Gasteiger partial charge >= 0.3 is 0 Å². The molecule has 0 spiro atoms. The standard InChI is InChI=1S/C26H28O15/c27-6-13-17(32)20(35)22(37)26(40-13)41-25-18(33)14-10(29)5-12(8-1-3-9(28)4-2-8)39-23(14)15(19(25)34)24-21(36)16(31)11(30)7-38-24/h1-5,11,13,16-17,20-22,24,26-28,30-37H,6-7H2/t11-,13+,16?,17+,20-,21+,22+,24-,26-/m0/s1. The Kier molecular flexibility index (Phi) is 7.82. The maximum atomic E-state index is 13.3. The van der Waals surface area contributed by atoms with Gasteiger partial charge in [-0.05, 0) is 24.3 Å². The van der Waals surface area contributed by atoms with E-state index in [0.717, 1.165) is 6.07 Å². The number of fused-ring (bicyclic) bond motifs is 1. The van der Waals surface area contributed by atoms with E-state index in [2.05, 4.69) is 0 Å². The second-order valence-corrected chi connectivity index (χ2v) is 9.78. The number of aliphatic hydroxyl groups is 7. The molecule has 15 heteroatoms. The summed E-state index contributed by atoms with van der Waals surface area (Å²) in [6, 6.07) is 6.46. The van der Waals surface area contributed by atoms with Crippen LogP contribution in [0.5, 0.6) is 23.0 Å². The Labute approximate surface area is 229 Å². The summed E-state index contributed by atoms with van der Waals surface area (Å²) in [5.74, 6) is -3.05. The van der Waals surface area contributed by atoms with Gasteiger partial charge in [0.25, 0.3) is 0 Å². The number of phenolic OH excluding ortho intramolecular Hbond substituents is 3. The highest BCUT2D eigenvalue weighted by molar-refractivity contribution is 5.93. The topological polar surface area (TPSA) is 260 Å². The van der Waals surface area contributed by atoms with Crippen LogP contribution in [0, 0.1) is 0 Å². The summed E-state index contributed by atoms with van der Waals surface area (Å²) in [6.45, 7) is -1.33. The van der Waals surface area contributed by atoms with Crippen molar-refractivity contribution in [1.29, 1.82) is 0 Å². The Morgan fingerprint density at radius 2 is 1.54 bits per heavy atom. The summed E-state index contributed by atoms with van der Waals surface area (Å²) in [5.41, 5.74) is -1.57. The highest BCUT2D eigenvalue weighted by atomic mass is 16.7. The van der Waals surface area contributed by atoms with Crippen molar-refractivity contribution in [2.75, 3.05) is 13.2 Å². The molecule has 222 valence electrons. The molecule has 41 heavy (non-hydrogen) atoms. The summed E-state index contributed by atoms with van der Waals surface area (Å²) in [5, 5.41) is 102. The zero-order chi connectivity index (χ0) is 29.7. The van der Waals surface area contributed by atoms with Crippen molar-refractivity contribution >= 4 is 11.0 Å². The Balaban J connectivity index is 1.71. The van der Waals surface area contributed by atoms with Crippen LogP contribution in [0.3, 0.4) is 0 Å². The molecule has 1 aromatic heterocycles. The maximum Gasteiger partial charge on any atom is 0.229 e. The Morgan fingerprint density at radius 3 is 2.20 bits per heavy atom. The number of phenols is 3. The van der Waals surface area contributed by atoms with Gasteiger partial charge in [-0.15, -0.1) is 0 Å². The molecule has 5 rings (SSSR count). The van der Waals surface area contributed by atoms with Crippen molar-refractivity contribution in [3.8, 4) is 34.3 Å². The number of hydrogen-bond acceptors (Lipinski definition) is 15. The molecule has 0 radical (unpaired) electrons. The quantitative estimate of drug-likeness (QED) is 0.155. The molecule has 1 unspecified atom stereocenters. The molecule has 2 aliphatic heterocycles. The van der Waals surface area contributed by atoms with Crippen molar-refractivity contribution in [1.82, 2.24) is 0 Å². The summed E-state index contributed by atoms with van der Waals surface area (Å²) in [6.07, 6.45) is -15.7. The van der Waals surface area contributed by atoms with Crippen molar-refractivity contribution in [2.45, 2.75) is 55.1 Å². The van der Waals surface area contributed by atoms with Crippen LogP contribution >= 0.6 is 0 Å². The third-order valence-corrected chi connectivity index (χ3v) is 7.13. The fourth-order valence-electron chi connectivity index (χ4n) is 4.85. The minimum absolute atomic E-state index is 0.0749. The Bertz CT molecular complexity index is 1470. The van der Waals surface area contributed by atoms with Gasteiger partial charge in [0.15, 0.2) is 22.5 Å². The SMILES string of the molecule is O=c1cc(-c2ccc(O)cc2)oc2c([C@@H]3OC[C@H](O)C(O)[C@H]3O)c(O)c(O[C@@H]3O[C@H](CO)[C@@H](O)[C@H](O)[C@H]3O)c(O)c12. The van der Waals surface area contributed by atoms with Crippen LogP contribution < -0.4 is 10.2 Å².